The van der Waals surface area contributed by atoms with Gasteiger partial charge in [-0.2, -0.15) is 9.99 Å². The molecule has 1 aliphatic rings. The zero-order valence-electron chi connectivity index (χ0n) is 15.0. The van der Waals surface area contributed by atoms with Crippen LogP contribution >= 0.6 is 0 Å². The Morgan fingerprint density at radius 1 is 1.00 bits per heavy atom. The first kappa shape index (κ1) is 19.7. The van der Waals surface area contributed by atoms with E-state index >= 15 is 0 Å². The van der Waals surface area contributed by atoms with Crippen LogP contribution in [0, 0.1) is 21.7 Å². The Morgan fingerprint density at radius 3 is 2.27 bits per heavy atom. The average Bonchev–Trinajstić information content (AvgIpc) is 3.24. The van der Waals surface area contributed by atoms with Gasteiger partial charge >= 0.3 is 17.8 Å². The van der Waals surface area contributed by atoms with Gasteiger partial charge < -0.3 is 24.6 Å². The summed E-state index contributed by atoms with van der Waals surface area (Å²) < 4.78 is 52.3. The normalized spacial score (nSPS) is 14.7. The highest BCUT2D eigenvalue weighted by molar-refractivity contribution is 5.72. The van der Waals surface area contributed by atoms with Crippen LogP contribution in [-0.4, -0.2) is 19.6 Å². The summed E-state index contributed by atoms with van der Waals surface area (Å²) in [5, 5.41) is 35.2. The Balaban J connectivity index is 1.83. The molecular formula is C19H12F3N3O5. The second-order valence-electron chi connectivity index (χ2n) is 6.29. The van der Waals surface area contributed by atoms with Gasteiger partial charge in [-0.3, -0.25) is 0 Å². The van der Waals surface area contributed by atoms with Crippen molar-refractivity contribution in [2.24, 2.45) is 0 Å². The number of hydrogen-bond donors (Lipinski definition) is 0. The van der Waals surface area contributed by atoms with Crippen LogP contribution < -0.4 is 14.2 Å². The van der Waals surface area contributed by atoms with Gasteiger partial charge in [0, 0.05) is 17.7 Å². The minimum absolute atomic E-state index is 0.0311. The van der Waals surface area contributed by atoms with Crippen molar-refractivity contribution >= 4 is 11.0 Å². The number of nitrogens with zero attached hydrogens (tertiary/aromatic N) is 3. The molecule has 0 spiro atoms. The van der Waals surface area contributed by atoms with Crippen molar-refractivity contribution in [1.29, 1.82) is 5.26 Å². The Bertz CT molecular complexity index is 1150. The van der Waals surface area contributed by atoms with Crippen molar-refractivity contribution in [3.05, 3.63) is 64.1 Å². The minimum atomic E-state index is -4.87. The summed E-state index contributed by atoms with van der Waals surface area (Å²) in [7, 11) is 0. The third-order valence-corrected chi connectivity index (χ3v) is 4.43. The Labute approximate surface area is 167 Å². The summed E-state index contributed by atoms with van der Waals surface area (Å²) in [6.07, 6.45) is -5.55. The van der Waals surface area contributed by atoms with E-state index in [-0.39, 0.29) is 22.3 Å². The van der Waals surface area contributed by atoms with E-state index in [1.807, 2.05) is 0 Å². The van der Waals surface area contributed by atoms with Gasteiger partial charge in [-0.25, -0.2) is 0 Å². The molecule has 0 N–H and O–H groups in total. The van der Waals surface area contributed by atoms with Crippen molar-refractivity contribution in [2.75, 3.05) is 13.2 Å². The largest absolute Gasteiger partial charge is 0.617 e. The maximum Gasteiger partial charge on any atom is 0.573 e. The molecule has 0 unspecified atom stereocenters. The molecule has 0 atom stereocenters. The summed E-state index contributed by atoms with van der Waals surface area (Å²) in [6, 6.07) is 10.3. The van der Waals surface area contributed by atoms with Crippen molar-refractivity contribution in [3.63, 3.8) is 0 Å². The highest BCUT2D eigenvalue weighted by atomic mass is 19.4. The number of aromatic nitrogens is 2. The molecule has 1 aliphatic heterocycles. The quantitative estimate of drug-likeness (QED) is 0.477. The molecule has 1 aromatic heterocycles. The fraction of sp³-hybridized carbons (Fsp3) is 0.211. The molecular weight excluding hydrogens is 407 g/mol. The maximum absolute atomic E-state index is 12.9. The number of hydrogen-bond acceptors (Lipinski definition) is 6. The Hall–Kier alpha value is -3.62. The van der Waals surface area contributed by atoms with E-state index in [4.69, 9.17) is 9.47 Å². The lowest BCUT2D eigenvalue weighted by molar-refractivity contribution is -0.622. The zero-order valence-corrected chi connectivity index (χ0v) is 15.0. The van der Waals surface area contributed by atoms with Crippen LogP contribution in [0.1, 0.15) is 17.5 Å². The molecule has 154 valence electrons. The molecule has 2 heterocycles. The molecule has 0 bridgehead atoms. The molecule has 4 rings (SSSR count). The molecule has 0 saturated carbocycles. The van der Waals surface area contributed by atoms with Gasteiger partial charge in [0.2, 0.25) is 0 Å². The van der Waals surface area contributed by atoms with Crippen LogP contribution in [0.3, 0.4) is 0 Å². The lowest BCUT2D eigenvalue weighted by Crippen LogP contribution is -2.43. The SMILES string of the molecule is N#Cc1c(-c2ccc(OC(F)(F)F)cc2)[n+]([O-])c2ccc(C3OCCO3)cc2[n+]1[O-]. The van der Waals surface area contributed by atoms with E-state index in [2.05, 4.69) is 4.74 Å². The van der Waals surface area contributed by atoms with E-state index in [0.717, 1.165) is 24.3 Å². The highest BCUT2D eigenvalue weighted by Crippen LogP contribution is 2.28. The van der Waals surface area contributed by atoms with E-state index in [1.165, 1.54) is 12.1 Å². The van der Waals surface area contributed by atoms with Crippen molar-refractivity contribution in [3.8, 4) is 23.1 Å². The van der Waals surface area contributed by atoms with Crippen molar-refractivity contribution in [2.45, 2.75) is 12.7 Å². The molecule has 3 aromatic rings. The lowest BCUT2D eigenvalue weighted by atomic mass is 10.1. The number of benzene rings is 2. The first-order valence-electron chi connectivity index (χ1n) is 8.61. The van der Waals surface area contributed by atoms with Gasteiger partial charge in [0.05, 0.1) is 18.8 Å². The average molecular weight is 419 g/mol. The van der Waals surface area contributed by atoms with Crippen LogP contribution in [0.4, 0.5) is 13.2 Å². The van der Waals surface area contributed by atoms with Crippen LogP contribution in [0.25, 0.3) is 22.3 Å². The van der Waals surface area contributed by atoms with Crippen LogP contribution in [-0.2, 0) is 9.47 Å². The maximum atomic E-state index is 12.9. The van der Waals surface area contributed by atoms with Crippen LogP contribution in [0.15, 0.2) is 42.5 Å². The fourth-order valence-electron chi connectivity index (χ4n) is 3.17. The molecule has 0 amide bonds. The van der Waals surface area contributed by atoms with Gasteiger partial charge in [0.1, 0.15) is 5.75 Å². The third kappa shape index (κ3) is 3.54. The fourth-order valence-corrected chi connectivity index (χ4v) is 3.17. The summed E-state index contributed by atoms with van der Waals surface area (Å²) in [5.41, 5.74) is -0.314. The standard InChI is InChI=1S/C19H12F3N3O5/c20-19(21,22)30-13-4-1-11(2-5-13)17-16(10-23)24(26)15-9-12(18-28-7-8-29-18)3-6-14(15)25(17)27/h1-6,9,18H,7-8H2. The van der Waals surface area contributed by atoms with E-state index < -0.39 is 24.1 Å². The van der Waals surface area contributed by atoms with E-state index in [1.54, 1.807) is 12.1 Å². The van der Waals surface area contributed by atoms with Crippen molar-refractivity contribution in [1.82, 2.24) is 0 Å². The van der Waals surface area contributed by atoms with Gasteiger partial charge in [-0.05, 0) is 30.3 Å². The molecule has 8 nitrogen and oxygen atoms in total. The predicted octanol–water partition coefficient (Wildman–Crippen LogP) is 2.59. The van der Waals surface area contributed by atoms with Gasteiger partial charge in [-0.1, -0.05) is 0 Å². The van der Waals surface area contributed by atoms with Crippen molar-refractivity contribution < 1.29 is 36.8 Å². The molecule has 11 heteroatoms. The second-order valence-corrected chi connectivity index (χ2v) is 6.29. The van der Waals surface area contributed by atoms with E-state index in [9.17, 15) is 28.8 Å². The molecule has 30 heavy (non-hydrogen) atoms. The number of nitriles is 1. The molecule has 1 saturated heterocycles. The summed E-state index contributed by atoms with van der Waals surface area (Å²) in [6.45, 7) is 0.774. The third-order valence-electron chi connectivity index (χ3n) is 4.43. The number of ether oxygens (including phenoxy) is 3. The number of rotatable bonds is 3. The molecule has 2 aromatic carbocycles. The summed E-state index contributed by atoms with van der Waals surface area (Å²) in [4.78, 5) is 0. The van der Waals surface area contributed by atoms with Gasteiger partial charge in [-0.15, -0.1) is 17.9 Å². The smallest absolute Gasteiger partial charge is 0.573 e. The minimum Gasteiger partial charge on any atom is -0.617 e. The Morgan fingerprint density at radius 2 is 1.67 bits per heavy atom. The zero-order chi connectivity index (χ0) is 21.5. The first-order chi connectivity index (χ1) is 14.3. The number of alkyl halides is 3. The van der Waals surface area contributed by atoms with E-state index in [0.29, 0.717) is 28.2 Å². The topological polar surface area (TPSA) is 105 Å². The highest BCUT2D eigenvalue weighted by Gasteiger charge is 2.33. The number of halogens is 3. The second kappa shape index (κ2) is 7.33. The monoisotopic (exact) mass is 419 g/mol. The first-order valence-corrected chi connectivity index (χ1v) is 8.61. The lowest BCUT2D eigenvalue weighted by Gasteiger charge is -2.13. The molecule has 0 aliphatic carbocycles. The van der Waals surface area contributed by atoms with Crippen LogP contribution in [0.2, 0.25) is 0 Å². The molecule has 1 fully saturated rings. The van der Waals surface area contributed by atoms with Gasteiger partial charge in [0.15, 0.2) is 12.4 Å². The summed E-state index contributed by atoms with van der Waals surface area (Å²) >= 11 is 0. The van der Waals surface area contributed by atoms with Crippen LogP contribution in [0.5, 0.6) is 5.75 Å². The predicted molar refractivity (Wildman–Crippen MR) is 93.3 cm³/mol. The van der Waals surface area contributed by atoms with Gasteiger partial charge in [0.25, 0.3) is 11.0 Å². The number of fused-ring (bicyclic) bond motifs is 1. The summed E-state index contributed by atoms with van der Waals surface area (Å²) in [5.74, 6) is -0.501. The Kier molecular flexibility index (Phi) is 4.81. The molecule has 0 radical (unpaired) electrons.